The fourth-order valence-electron chi connectivity index (χ4n) is 4.56. The molecule has 0 aromatic heterocycles. The summed E-state index contributed by atoms with van der Waals surface area (Å²) in [5.74, 6) is 1.37. The van der Waals surface area contributed by atoms with Gasteiger partial charge in [-0.2, -0.15) is 0 Å². The molecule has 1 heterocycles. The first-order valence-corrected chi connectivity index (χ1v) is 10.2. The van der Waals surface area contributed by atoms with Crippen molar-refractivity contribution in [3.8, 4) is 0 Å². The zero-order valence-corrected chi connectivity index (χ0v) is 17.3. The summed E-state index contributed by atoms with van der Waals surface area (Å²) in [4.78, 5) is 0. The van der Waals surface area contributed by atoms with Gasteiger partial charge in [-0.25, -0.2) is 0 Å². The van der Waals surface area contributed by atoms with Crippen LogP contribution in [0.15, 0.2) is 12.7 Å². The van der Waals surface area contributed by atoms with Gasteiger partial charge in [-0.15, -0.1) is 6.58 Å². The molecule has 1 unspecified atom stereocenters. The lowest BCUT2D eigenvalue weighted by Gasteiger charge is -2.52. The van der Waals surface area contributed by atoms with Crippen molar-refractivity contribution in [1.82, 2.24) is 0 Å². The maximum absolute atomic E-state index is 6.74. The zero-order chi connectivity index (χ0) is 18.7. The van der Waals surface area contributed by atoms with Gasteiger partial charge in [-0.05, 0) is 30.1 Å². The maximum atomic E-state index is 6.74. The highest BCUT2D eigenvalue weighted by Gasteiger charge is 2.50. The van der Waals surface area contributed by atoms with Gasteiger partial charge in [0.05, 0.1) is 25.4 Å². The first-order chi connectivity index (χ1) is 11.7. The van der Waals surface area contributed by atoms with Crippen LogP contribution in [0.4, 0.5) is 0 Å². The van der Waals surface area contributed by atoms with Crippen LogP contribution in [0, 0.1) is 23.2 Å². The van der Waals surface area contributed by atoms with Gasteiger partial charge in [-0.3, -0.25) is 0 Å². The van der Waals surface area contributed by atoms with Crippen LogP contribution < -0.4 is 0 Å². The van der Waals surface area contributed by atoms with Crippen molar-refractivity contribution < 1.29 is 14.2 Å². The van der Waals surface area contributed by atoms with E-state index in [0.717, 1.165) is 25.9 Å². The molecule has 0 radical (unpaired) electrons. The van der Waals surface area contributed by atoms with Crippen LogP contribution in [0.1, 0.15) is 73.6 Å². The number of hydrogen-bond acceptors (Lipinski definition) is 3. The van der Waals surface area contributed by atoms with Crippen molar-refractivity contribution >= 4 is 0 Å². The second-order valence-corrected chi connectivity index (χ2v) is 9.64. The van der Waals surface area contributed by atoms with Crippen LogP contribution >= 0.6 is 0 Å². The zero-order valence-electron chi connectivity index (χ0n) is 17.3. The van der Waals surface area contributed by atoms with Gasteiger partial charge in [-0.1, -0.05) is 54.0 Å². The summed E-state index contributed by atoms with van der Waals surface area (Å²) < 4.78 is 19.2. The van der Waals surface area contributed by atoms with Crippen molar-refractivity contribution in [2.75, 3.05) is 13.2 Å². The lowest BCUT2D eigenvalue weighted by Crippen LogP contribution is -2.55. The van der Waals surface area contributed by atoms with Gasteiger partial charge < -0.3 is 14.2 Å². The third kappa shape index (κ3) is 5.30. The van der Waals surface area contributed by atoms with E-state index in [1.165, 1.54) is 12.8 Å². The normalized spacial score (nSPS) is 35.1. The van der Waals surface area contributed by atoms with Crippen molar-refractivity contribution in [3.05, 3.63) is 12.7 Å². The number of ether oxygens (including phenoxy) is 3. The molecule has 0 amide bonds. The molecule has 5 atom stereocenters. The van der Waals surface area contributed by atoms with Crippen LogP contribution in [-0.2, 0) is 14.2 Å². The van der Waals surface area contributed by atoms with Crippen LogP contribution in [0.25, 0.3) is 0 Å². The summed E-state index contributed by atoms with van der Waals surface area (Å²) in [6.45, 7) is 18.9. The predicted molar refractivity (Wildman–Crippen MR) is 104 cm³/mol. The molecule has 146 valence electrons. The Kier molecular flexibility index (Phi) is 7.15. The first-order valence-electron chi connectivity index (χ1n) is 10.2. The highest BCUT2D eigenvalue weighted by molar-refractivity contribution is 4.92. The van der Waals surface area contributed by atoms with Gasteiger partial charge >= 0.3 is 0 Å². The van der Waals surface area contributed by atoms with E-state index in [0.29, 0.717) is 24.4 Å². The molecule has 1 saturated heterocycles. The molecule has 2 fully saturated rings. The first kappa shape index (κ1) is 20.9. The SMILES string of the molecule is C=CCO[C@@H](C[C@@H]1CCOC2(C[C@H](C)CC[C@H]2C(C)C)O1)C(C)(C)C. The topological polar surface area (TPSA) is 27.7 Å². The van der Waals surface area contributed by atoms with Crippen molar-refractivity contribution in [3.63, 3.8) is 0 Å². The van der Waals surface area contributed by atoms with Gasteiger partial charge in [0.2, 0.25) is 0 Å². The molecule has 1 spiro atoms. The van der Waals surface area contributed by atoms with Crippen LogP contribution in [0.5, 0.6) is 0 Å². The lowest BCUT2D eigenvalue weighted by atomic mass is 9.72. The van der Waals surface area contributed by atoms with Gasteiger partial charge in [0.15, 0.2) is 5.79 Å². The van der Waals surface area contributed by atoms with Gasteiger partial charge in [0.25, 0.3) is 0 Å². The average molecular weight is 353 g/mol. The molecule has 2 aliphatic rings. The second kappa shape index (κ2) is 8.54. The Bertz CT molecular complexity index is 425. The lowest BCUT2D eigenvalue weighted by molar-refractivity contribution is -0.342. The summed E-state index contributed by atoms with van der Waals surface area (Å²) in [6, 6.07) is 0. The second-order valence-electron chi connectivity index (χ2n) is 9.64. The third-order valence-electron chi connectivity index (χ3n) is 5.98. The smallest absolute Gasteiger partial charge is 0.171 e. The van der Waals surface area contributed by atoms with Crippen molar-refractivity contribution in [1.29, 1.82) is 0 Å². The Hall–Kier alpha value is -0.380. The molecule has 1 aliphatic carbocycles. The number of hydrogen-bond donors (Lipinski definition) is 0. The monoisotopic (exact) mass is 352 g/mol. The van der Waals surface area contributed by atoms with E-state index in [9.17, 15) is 0 Å². The molecule has 25 heavy (non-hydrogen) atoms. The number of rotatable bonds is 6. The Labute approximate surface area is 155 Å². The van der Waals surface area contributed by atoms with Crippen LogP contribution in [0.2, 0.25) is 0 Å². The van der Waals surface area contributed by atoms with E-state index < -0.39 is 0 Å². The molecule has 0 N–H and O–H groups in total. The standard InChI is InChI=1S/C22H40O3/c1-8-12-23-20(21(5,6)7)14-18-11-13-24-22(25-18)15-17(4)9-10-19(22)16(2)3/h8,16-20H,1,9-15H2,2-7H3/t17-,18+,19+,20+,22?/m1/s1. The molecule has 2 rings (SSSR count). The van der Waals surface area contributed by atoms with E-state index >= 15 is 0 Å². The summed E-state index contributed by atoms with van der Waals surface area (Å²) >= 11 is 0. The molecule has 3 nitrogen and oxygen atoms in total. The molecule has 1 aliphatic heterocycles. The van der Waals surface area contributed by atoms with E-state index in [2.05, 4.69) is 48.1 Å². The van der Waals surface area contributed by atoms with Gasteiger partial charge in [0.1, 0.15) is 0 Å². The highest BCUT2D eigenvalue weighted by Crippen LogP contribution is 2.47. The summed E-state index contributed by atoms with van der Waals surface area (Å²) in [7, 11) is 0. The molecular formula is C22H40O3. The summed E-state index contributed by atoms with van der Waals surface area (Å²) in [5, 5.41) is 0. The minimum absolute atomic E-state index is 0.0924. The molecule has 1 saturated carbocycles. The Balaban J connectivity index is 2.11. The largest absolute Gasteiger partial charge is 0.374 e. The highest BCUT2D eigenvalue weighted by atomic mass is 16.7. The van der Waals surface area contributed by atoms with Crippen molar-refractivity contribution in [2.45, 2.75) is 91.6 Å². The summed E-state index contributed by atoms with van der Waals surface area (Å²) in [6.07, 6.45) is 7.64. The van der Waals surface area contributed by atoms with Crippen LogP contribution in [-0.4, -0.2) is 31.2 Å². The van der Waals surface area contributed by atoms with E-state index in [1.54, 1.807) is 0 Å². The average Bonchev–Trinajstić information content (AvgIpc) is 2.50. The Morgan fingerprint density at radius 1 is 1.24 bits per heavy atom. The minimum atomic E-state index is -0.379. The minimum Gasteiger partial charge on any atom is -0.374 e. The molecular weight excluding hydrogens is 312 g/mol. The predicted octanol–water partition coefficient (Wildman–Crippen LogP) is 5.59. The maximum Gasteiger partial charge on any atom is 0.171 e. The Morgan fingerprint density at radius 3 is 2.56 bits per heavy atom. The van der Waals surface area contributed by atoms with Crippen LogP contribution in [0.3, 0.4) is 0 Å². The Morgan fingerprint density at radius 2 is 1.96 bits per heavy atom. The quantitative estimate of drug-likeness (QED) is 0.583. The summed E-state index contributed by atoms with van der Waals surface area (Å²) in [5.41, 5.74) is 0.0924. The third-order valence-corrected chi connectivity index (χ3v) is 5.98. The fraction of sp³-hybridized carbons (Fsp3) is 0.909. The molecule has 3 heteroatoms. The van der Waals surface area contributed by atoms with E-state index in [4.69, 9.17) is 14.2 Å². The van der Waals surface area contributed by atoms with Gasteiger partial charge in [0, 0.05) is 18.8 Å². The van der Waals surface area contributed by atoms with E-state index in [-0.39, 0.29) is 23.4 Å². The molecule has 0 aromatic rings. The van der Waals surface area contributed by atoms with Crippen molar-refractivity contribution in [2.24, 2.45) is 23.2 Å². The molecule has 0 bridgehead atoms. The molecule has 0 aromatic carbocycles. The van der Waals surface area contributed by atoms with E-state index in [1.807, 2.05) is 6.08 Å². The fourth-order valence-corrected chi connectivity index (χ4v) is 4.56.